The van der Waals surface area contributed by atoms with Crippen LogP contribution in [0.5, 0.6) is 0 Å². The fourth-order valence-corrected chi connectivity index (χ4v) is 0.587. The summed E-state index contributed by atoms with van der Waals surface area (Å²) in [5.41, 5.74) is 0.616. The minimum absolute atomic E-state index is 0.145. The first kappa shape index (κ1) is 6.74. The summed E-state index contributed by atoms with van der Waals surface area (Å²) in [6.45, 7) is 5.42. The van der Waals surface area contributed by atoms with Gasteiger partial charge in [0.2, 0.25) is 0 Å². The van der Waals surface area contributed by atoms with Gasteiger partial charge in [0.1, 0.15) is 5.82 Å². The zero-order valence-corrected chi connectivity index (χ0v) is 5.72. The molecule has 0 saturated heterocycles. The first-order valence-corrected chi connectivity index (χ1v) is 2.91. The van der Waals surface area contributed by atoms with Crippen molar-refractivity contribution in [2.24, 2.45) is 0 Å². The molecule has 0 radical (unpaired) electrons. The Morgan fingerprint density at radius 2 is 2.50 bits per heavy atom. The third kappa shape index (κ3) is 1.31. The Morgan fingerprint density at radius 1 is 1.80 bits per heavy atom. The zero-order valence-electron chi connectivity index (χ0n) is 5.72. The molecule has 10 heavy (non-hydrogen) atoms. The lowest BCUT2D eigenvalue weighted by molar-refractivity contribution is 1.07. The summed E-state index contributed by atoms with van der Waals surface area (Å²) in [7, 11) is 0. The highest BCUT2D eigenvalue weighted by molar-refractivity contribution is 5.53. The zero-order chi connectivity index (χ0) is 7.56. The summed E-state index contributed by atoms with van der Waals surface area (Å²) >= 11 is 0. The topological polar surface area (TPSA) is 45.8 Å². The van der Waals surface area contributed by atoms with Crippen LogP contribution in [0.1, 0.15) is 12.7 Å². The Balaban J connectivity index is 3.20. The fourth-order valence-electron chi connectivity index (χ4n) is 0.587. The van der Waals surface area contributed by atoms with Crippen LogP contribution in [-0.2, 0) is 0 Å². The van der Waals surface area contributed by atoms with Crippen molar-refractivity contribution in [2.45, 2.75) is 6.92 Å². The molecule has 0 aliphatic carbocycles. The van der Waals surface area contributed by atoms with E-state index in [0.29, 0.717) is 5.82 Å². The number of aromatic nitrogens is 2. The minimum Gasteiger partial charge on any atom is -0.307 e. The van der Waals surface area contributed by atoms with Gasteiger partial charge in [-0.1, -0.05) is 6.58 Å². The molecule has 0 saturated carbocycles. The maximum atomic E-state index is 10.7. The third-order valence-electron chi connectivity index (χ3n) is 1.08. The molecule has 52 valence electrons. The van der Waals surface area contributed by atoms with E-state index in [1.165, 1.54) is 12.3 Å². The Morgan fingerprint density at radius 3 is 2.90 bits per heavy atom. The molecule has 0 aromatic carbocycles. The van der Waals surface area contributed by atoms with Gasteiger partial charge in [-0.2, -0.15) is 0 Å². The van der Waals surface area contributed by atoms with Gasteiger partial charge >= 0.3 is 0 Å². The molecular formula is C7H8N2O. The third-order valence-corrected chi connectivity index (χ3v) is 1.08. The monoisotopic (exact) mass is 136 g/mol. The summed E-state index contributed by atoms with van der Waals surface area (Å²) in [6, 6.07) is 1.37. The van der Waals surface area contributed by atoms with Crippen molar-refractivity contribution in [1.29, 1.82) is 0 Å². The summed E-state index contributed by atoms with van der Waals surface area (Å²) < 4.78 is 0. The fraction of sp³-hybridized carbons (Fsp3) is 0.143. The van der Waals surface area contributed by atoms with E-state index in [1.54, 1.807) is 6.92 Å². The van der Waals surface area contributed by atoms with Crippen LogP contribution in [0.2, 0.25) is 0 Å². The van der Waals surface area contributed by atoms with E-state index in [9.17, 15) is 4.79 Å². The van der Waals surface area contributed by atoms with Crippen LogP contribution < -0.4 is 5.56 Å². The molecule has 0 bridgehead atoms. The highest BCUT2D eigenvalue weighted by Crippen LogP contribution is 1.99. The van der Waals surface area contributed by atoms with E-state index in [1.807, 2.05) is 0 Å². The number of H-pyrrole nitrogens is 1. The molecular weight excluding hydrogens is 128 g/mol. The number of nitrogens with zero attached hydrogens (tertiary/aromatic N) is 1. The van der Waals surface area contributed by atoms with Crippen LogP contribution in [0, 0.1) is 0 Å². The van der Waals surface area contributed by atoms with Crippen LogP contribution in [-0.4, -0.2) is 9.97 Å². The van der Waals surface area contributed by atoms with Gasteiger partial charge in [-0.05, 0) is 12.5 Å². The molecule has 0 atom stereocenters. The number of hydrogen-bond acceptors (Lipinski definition) is 2. The Labute approximate surface area is 58.4 Å². The Hall–Kier alpha value is -1.38. The van der Waals surface area contributed by atoms with Gasteiger partial charge < -0.3 is 4.98 Å². The van der Waals surface area contributed by atoms with E-state index in [4.69, 9.17) is 0 Å². The number of aromatic amines is 1. The molecule has 1 rings (SSSR count). The average Bonchev–Trinajstić information content (AvgIpc) is 1.88. The predicted molar refractivity (Wildman–Crippen MR) is 39.6 cm³/mol. The summed E-state index contributed by atoms with van der Waals surface area (Å²) in [6.07, 6.45) is 1.46. The van der Waals surface area contributed by atoms with Crippen molar-refractivity contribution in [2.75, 3.05) is 0 Å². The van der Waals surface area contributed by atoms with E-state index in [-0.39, 0.29) is 5.56 Å². The Bertz CT molecular complexity index is 300. The molecule has 1 heterocycles. The standard InChI is InChI=1S/C7H8N2O/c1-5(2)7-8-4-3-6(10)9-7/h3-4H,1H2,2H3,(H,8,9,10). The average molecular weight is 136 g/mol. The molecule has 0 amide bonds. The van der Waals surface area contributed by atoms with Crippen LogP contribution in [0.3, 0.4) is 0 Å². The molecule has 0 aliphatic rings. The molecule has 3 heteroatoms. The van der Waals surface area contributed by atoms with Gasteiger partial charge in [0.25, 0.3) is 5.56 Å². The summed E-state index contributed by atoms with van der Waals surface area (Å²) in [5.74, 6) is 0.549. The molecule has 0 aliphatic heterocycles. The van der Waals surface area contributed by atoms with Gasteiger partial charge in [-0.3, -0.25) is 4.79 Å². The van der Waals surface area contributed by atoms with Crippen molar-refractivity contribution < 1.29 is 0 Å². The van der Waals surface area contributed by atoms with Crippen LogP contribution >= 0.6 is 0 Å². The second-order valence-electron chi connectivity index (χ2n) is 2.06. The van der Waals surface area contributed by atoms with Crippen LogP contribution in [0.4, 0.5) is 0 Å². The van der Waals surface area contributed by atoms with Crippen LogP contribution in [0.25, 0.3) is 5.57 Å². The summed E-state index contributed by atoms with van der Waals surface area (Å²) in [4.78, 5) is 17.1. The molecule has 0 unspecified atom stereocenters. The van der Waals surface area contributed by atoms with Crippen molar-refractivity contribution in [1.82, 2.24) is 9.97 Å². The van der Waals surface area contributed by atoms with Gasteiger partial charge in [0.15, 0.2) is 0 Å². The largest absolute Gasteiger partial charge is 0.307 e. The normalized spacial score (nSPS) is 9.30. The highest BCUT2D eigenvalue weighted by atomic mass is 16.1. The maximum Gasteiger partial charge on any atom is 0.251 e. The smallest absolute Gasteiger partial charge is 0.251 e. The van der Waals surface area contributed by atoms with Gasteiger partial charge in [-0.25, -0.2) is 4.98 Å². The molecule has 3 nitrogen and oxygen atoms in total. The first-order valence-electron chi connectivity index (χ1n) is 2.91. The lowest BCUT2D eigenvalue weighted by Gasteiger charge is -1.94. The van der Waals surface area contributed by atoms with Gasteiger partial charge in [0.05, 0.1) is 0 Å². The first-order chi connectivity index (χ1) is 4.70. The quantitative estimate of drug-likeness (QED) is 0.620. The van der Waals surface area contributed by atoms with Crippen molar-refractivity contribution in [3.05, 3.63) is 35.0 Å². The van der Waals surface area contributed by atoms with E-state index < -0.39 is 0 Å². The van der Waals surface area contributed by atoms with E-state index in [2.05, 4.69) is 16.5 Å². The SMILES string of the molecule is C=C(C)c1nccc(=O)[nH]1. The van der Waals surface area contributed by atoms with Crippen LogP contribution in [0.15, 0.2) is 23.6 Å². The Kier molecular flexibility index (Phi) is 1.67. The second kappa shape index (κ2) is 2.47. The number of hydrogen-bond donors (Lipinski definition) is 1. The summed E-state index contributed by atoms with van der Waals surface area (Å²) in [5, 5.41) is 0. The van der Waals surface area contributed by atoms with Crippen molar-refractivity contribution in [3.63, 3.8) is 0 Å². The maximum absolute atomic E-state index is 10.7. The minimum atomic E-state index is -0.145. The van der Waals surface area contributed by atoms with Gasteiger partial charge in [0, 0.05) is 12.3 Å². The van der Waals surface area contributed by atoms with E-state index in [0.717, 1.165) is 5.57 Å². The molecule has 0 spiro atoms. The molecule has 0 fully saturated rings. The van der Waals surface area contributed by atoms with Crippen molar-refractivity contribution >= 4 is 5.57 Å². The lowest BCUT2D eigenvalue weighted by atomic mass is 10.3. The molecule has 1 N–H and O–H groups in total. The van der Waals surface area contributed by atoms with Gasteiger partial charge in [-0.15, -0.1) is 0 Å². The highest BCUT2D eigenvalue weighted by Gasteiger charge is 1.92. The number of allylic oxidation sites excluding steroid dienone is 1. The molecule has 1 aromatic rings. The van der Waals surface area contributed by atoms with E-state index >= 15 is 0 Å². The molecule has 1 aromatic heterocycles. The second-order valence-corrected chi connectivity index (χ2v) is 2.06. The predicted octanol–water partition coefficient (Wildman–Crippen LogP) is 0.803. The van der Waals surface area contributed by atoms with Crippen molar-refractivity contribution in [3.8, 4) is 0 Å². The number of rotatable bonds is 1. The number of nitrogens with one attached hydrogen (secondary N) is 1. The lowest BCUT2D eigenvalue weighted by Crippen LogP contribution is -2.06.